The van der Waals surface area contributed by atoms with Crippen LogP contribution in [0, 0.1) is 5.41 Å². The van der Waals surface area contributed by atoms with Crippen molar-refractivity contribution in [3.63, 3.8) is 0 Å². The predicted molar refractivity (Wildman–Crippen MR) is 100 cm³/mol. The van der Waals surface area contributed by atoms with Crippen LogP contribution in [-0.2, 0) is 6.61 Å². The molecule has 0 amide bonds. The van der Waals surface area contributed by atoms with Crippen molar-refractivity contribution in [2.24, 2.45) is 5.41 Å². The molecule has 1 aliphatic rings. The summed E-state index contributed by atoms with van der Waals surface area (Å²) in [5, 5.41) is 20.9. The van der Waals surface area contributed by atoms with Gasteiger partial charge in [-0.3, -0.25) is 0 Å². The van der Waals surface area contributed by atoms with Crippen LogP contribution in [0.25, 0.3) is 11.3 Å². The Kier molecular flexibility index (Phi) is 5.09. The molecule has 1 saturated heterocycles. The molecule has 0 atom stereocenters. The number of hydrogen-bond acceptors (Lipinski definition) is 5. The lowest BCUT2D eigenvalue weighted by Crippen LogP contribution is -2.38. The van der Waals surface area contributed by atoms with E-state index < -0.39 is 0 Å². The number of rotatable bonds is 3. The lowest BCUT2D eigenvalue weighted by molar-refractivity contribution is 0.268. The van der Waals surface area contributed by atoms with Gasteiger partial charge < -0.3 is 15.1 Å². The number of hydrogen-bond donors (Lipinski definition) is 2. The lowest BCUT2D eigenvalue weighted by atomic mass is 9.82. The zero-order valence-electron chi connectivity index (χ0n) is 14.3. The van der Waals surface area contributed by atoms with Crippen LogP contribution in [0.3, 0.4) is 0 Å². The summed E-state index contributed by atoms with van der Waals surface area (Å²) in [6.45, 7) is 5.83. The lowest BCUT2D eigenvalue weighted by Gasteiger charge is -2.38. The van der Waals surface area contributed by atoms with Gasteiger partial charge in [-0.15, -0.1) is 0 Å². The summed E-state index contributed by atoms with van der Waals surface area (Å²) in [6, 6.07) is 5.10. The van der Waals surface area contributed by atoms with E-state index in [1.54, 1.807) is 18.2 Å². The smallest absolute Gasteiger partial charge is 0.240 e. The standard InChI is InChI=1S/C18H21Cl2N3O2/c1-18(2)6-8-23(9-7-18)16-13(10-24)21-15(17(25)22-16)11-4-3-5-12(19)14(11)20/h3-5,24H,6-10H2,1-2H3,(H,22,25). The first-order valence-corrected chi connectivity index (χ1v) is 8.98. The zero-order valence-corrected chi connectivity index (χ0v) is 15.8. The van der Waals surface area contributed by atoms with E-state index in [0.29, 0.717) is 32.5 Å². The van der Waals surface area contributed by atoms with Crippen molar-refractivity contribution in [3.8, 4) is 17.1 Å². The molecule has 1 aromatic carbocycles. The third kappa shape index (κ3) is 3.68. The highest BCUT2D eigenvalue weighted by Gasteiger charge is 2.28. The molecule has 0 radical (unpaired) electrons. The number of aromatic hydroxyl groups is 1. The zero-order chi connectivity index (χ0) is 18.2. The highest BCUT2D eigenvalue weighted by atomic mass is 35.5. The summed E-state index contributed by atoms with van der Waals surface area (Å²) < 4.78 is 0. The van der Waals surface area contributed by atoms with Gasteiger partial charge in [0.25, 0.3) is 0 Å². The van der Waals surface area contributed by atoms with E-state index in [2.05, 4.69) is 28.7 Å². The normalized spacial score (nSPS) is 16.9. The molecule has 1 fully saturated rings. The van der Waals surface area contributed by atoms with E-state index in [9.17, 15) is 10.2 Å². The number of halogens is 2. The van der Waals surface area contributed by atoms with Gasteiger partial charge in [-0.25, -0.2) is 4.98 Å². The maximum atomic E-state index is 10.4. The first-order valence-electron chi connectivity index (χ1n) is 8.22. The average molecular weight is 382 g/mol. The molecular formula is C18H21Cl2N3O2. The van der Waals surface area contributed by atoms with Crippen LogP contribution >= 0.6 is 23.2 Å². The van der Waals surface area contributed by atoms with Gasteiger partial charge in [0.15, 0.2) is 5.82 Å². The Hall–Kier alpha value is -1.56. The number of benzene rings is 1. The Morgan fingerprint density at radius 2 is 1.84 bits per heavy atom. The third-order valence-electron chi connectivity index (χ3n) is 4.70. The van der Waals surface area contributed by atoms with Crippen LogP contribution in [0.5, 0.6) is 5.88 Å². The van der Waals surface area contributed by atoms with Crippen molar-refractivity contribution in [1.29, 1.82) is 0 Å². The van der Waals surface area contributed by atoms with Crippen molar-refractivity contribution >= 4 is 29.0 Å². The van der Waals surface area contributed by atoms with E-state index in [-0.39, 0.29) is 18.2 Å². The molecule has 2 aromatic rings. The minimum Gasteiger partial charge on any atom is -0.492 e. The summed E-state index contributed by atoms with van der Waals surface area (Å²) >= 11 is 12.3. The largest absolute Gasteiger partial charge is 0.492 e. The monoisotopic (exact) mass is 381 g/mol. The second-order valence-electron chi connectivity index (χ2n) is 7.08. The van der Waals surface area contributed by atoms with E-state index in [1.807, 2.05) is 0 Å². The van der Waals surface area contributed by atoms with Gasteiger partial charge in [-0.1, -0.05) is 49.2 Å². The van der Waals surface area contributed by atoms with Crippen molar-refractivity contribution in [1.82, 2.24) is 9.97 Å². The van der Waals surface area contributed by atoms with E-state index in [0.717, 1.165) is 25.9 Å². The van der Waals surface area contributed by atoms with Gasteiger partial charge in [0.05, 0.1) is 16.7 Å². The molecule has 3 rings (SSSR count). The molecule has 1 aliphatic heterocycles. The predicted octanol–water partition coefficient (Wildman–Crippen LogP) is 4.27. The van der Waals surface area contributed by atoms with Gasteiger partial charge in [0.2, 0.25) is 5.88 Å². The molecule has 2 heterocycles. The van der Waals surface area contributed by atoms with E-state index in [1.165, 1.54) is 0 Å². The number of nitrogens with zero attached hydrogens (tertiary/aromatic N) is 3. The molecule has 7 heteroatoms. The summed E-state index contributed by atoms with van der Waals surface area (Å²) in [7, 11) is 0. The Morgan fingerprint density at radius 3 is 2.48 bits per heavy atom. The molecule has 134 valence electrons. The van der Waals surface area contributed by atoms with E-state index >= 15 is 0 Å². The molecule has 5 nitrogen and oxygen atoms in total. The molecule has 1 aromatic heterocycles. The molecule has 0 saturated carbocycles. The molecular weight excluding hydrogens is 361 g/mol. The Balaban J connectivity index is 2.01. The Morgan fingerprint density at radius 1 is 1.16 bits per heavy atom. The van der Waals surface area contributed by atoms with Crippen LogP contribution in [0.4, 0.5) is 5.82 Å². The minimum atomic E-state index is -0.270. The highest BCUT2D eigenvalue weighted by molar-refractivity contribution is 6.43. The number of piperidine rings is 1. The molecule has 25 heavy (non-hydrogen) atoms. The topological polar surface area (TPSA) is 69.5 Å². The van der Waals surface area contributed by atoms with Gasteiger partial charge >= 0.3 is 0 Å². The second kappa shape index (κ2) is 6.98. The number of aliphatic hydroxyl groups is 1. The fraction of sp³-hybridized carbons (Fsp3) is 0.444. The van der Waals surface area contributed by atoms with Crippen molar-refractivity contribution < 1.29 is 10.2 Å². The molecule has 0 spiro atoms. The fourth-order valence-corrected chi connectivity index (χ4v) is 3.39. The number of anilines is 1. The Bertz CT molecular complexity index is 786. The second-order valence-corrected chi connectivity index (χ2v) is 7.86. The summed E-state index contributed by atoms with van der Waals surface area (Å²) in [5.41, 5.74) is 1.42. The third-order valence-corrected chi connectivity index (χ3v) is 5.52. The highest BCUT2D eigenvalue weighted by Crippen LogP contribution is 2.38. The number of aliphatic hydroxyl groups excluding tert-OH is 1. The Labute approximate surface area is 157 Å². The average Bonchev–Trinajstić information content (AvgIpc) is 2.57. The molecule has 0 aliphatic carbocycles. The minimum absolute atomic E-state index is 0.220. The van der Waals surface area contributed by atoms with Crippen LogP contribution in [0.2, 0.25) is 10.0 Å². The SMILES string of the molecule is CC1(C)CCN(c2nc(O)c(-c3cccc(Cl)c3Cl)nc2CO)CC1. The maximum Gasteiger partial charge on any atom is 0.240 e. The molecule has 2 N–H and O–H groups in total. The summed E-state index contributed by atoms with van der Waals surface area (Å²) in [5.74, 6) is 0.304. The van der Waals surface area contributed by atoms with Crippen LogP contribution in [-0.4, -0.2) is 33.3 Å². The summed E-state index contributed by atoms with van der Waals surface area (Å²) in [6.07, 6.45) is 2.03. The van der Waals surface area contributed by atoms with Gasteiger partial charge in [0, 0.05) is 18.7 Å². The van der Waals surface area contributed by atoms with Gasteiger partial charge in [-0.2, -0.15) is 4.98 Å². The molecule has 0 unspecified atom stereocenters. The van der Waals surface area contributed by atoms with Gasteiger partial charge in [-0.05, 0) is 24.3 Å². The van der Waals surface area contributed by atoms with Crippen molar-refractivity contribution in [2.75, 3.05) is 18.0 Å². The van der Waals surface area contributed by atoms with E-state index in [4.69, 9.17) is 23.2 Å². The number of aromatic nitrogens is 2. The molecule has 0 bridgehead atoms. The van der Waals surface area contributed by atoms with Crippen LogP contribution in [0.1, 0.15) is 32.4 Å². The van der Waals surface area contributed by atoms with Crippen molar-refractivity contribution in [2.45, 2.75) is 33.3 Å². The van der Waals surface area contributed by atoms with Crippen LogP contribution < -0.4 is 4.90 Å². The first kappa shape index (κ1) is 18.2. The van der Waals surface area contributed by atoms with Crippen LogP contribution in [0.15, 0.2) is 18.2 Å². The fourth-order valence-electron chi connectivity index (χ4n) is 3.00. The van der Waals surface area contributed by atoms with Gasteiger partial charge in [0.1, 0.15) is 11.4 Å². The maximum absolute atomic E-state index is 10.4. The van der Waals surface area contributed by atoms with Crippen molar-refractivity contribution in [3.05, 3.63) is 33.9 Å². The summed E-state index contributed by atoms with van der Waals surface area (Å²) in [4.78, 5) is 10.8. The first-order chi connectivity index (χ1) is 11.8. The quantitative estimate of drug-likeness (QED) is 0.830.